The van der Waals surface area contributed by atoms with E-state index in [1.807, 2.05) is 35.2 Å². The Kier molecular flexibility index (Phi) is 6.18. The molecule has 2 aromatic rings. The van der Waals surface area contributed by atoms with Gasteiger partial charge in [0.15, 0.2) is 0 Å². The molecule has 2 atom stereocenters. The van der Waals surface area contributed by atoms with E-state index in [0.717, 1.165) is 59.9 Å². The first kappa shape index (κ1) is 21.2. The van der Waals surface area contributed by atoms with Crippen LogP contribution in [0.2, 0.25) is 0 Å². The van der Waals surface area contributed by atoms with Gasteiger partial charge in [-0.2, -0.15) is 5.11 Å². The van der Waals surface area contributed by atoms with Crippen LogP contribution in [0.5, 0.6) is 0 Å². The van der Waals surface area contributed by atoms with Gasteiger partial charge in [-0.1, -0.05) is 43.2 Å². The van der Waals surface area contributed by atoms with Gasteiger partial charge in [0.25, 0.3) is 5.91 Å². The van der Waals surface area contributed by atoms with Gasteiger partial charge in [0.2, 0.25) is 0 Å². The molecule has 6 heteroatoms. The van der Waals surface area contributed by atoms with Gasteiger partial charge < -0.3 is 15.3 Å². The van der Waals surface area contributed by atoms with Crippen LogP contribution in [0.1, 0.15) is 63.9 Å². The second-order valence-electron chi connectivity index (χ2n) is 8.59. The van der Waals surface area contributed by atoms with Crippen molar-refractivity contribution >= 4 is 11.6 Å². The number of hydrogen-bond donors (Lipinski definition) is 3. The molecule has 31 heavy (non-hydrogen) atoms. The number of rotatable bonds is 6. The summed E-state index contributed by atoms with van der Waals surface area (Å²) in [7, 11) is 1.79. The number of fused-ring (bicyclic) bond motifs is 1. The van der Waals surface area contributed by atoms with E-state index in [4.69, 9.17) is 5.53 Å². The lowest BCUT2D eigenvalue weighted by Gasteiger charge is -2.35. The lowest BCUT2D eigenvalue weighted by atomic mass is 9.91. The minimum atomic E-state index is -0.414. The van der Waals surface area contributed by atoms with Gasteiger partial charge in [-0.05, 0) is 54.5 Å². The molecule has 4 rings (SSSR count). The quantitative estimate of drug-likeness (QED) is 0.608. The number of nitrogens with zero attached hydrogens (tertiary/aromatic N) is 2. The average molecular weight is 419 g/mol. The highest BCUT2D eigenvalue weighted by molar-refractivity contribution is 5.99. The molecule has 0 spiro atoms. The summed E-state index contributed by atoms with van der Waals surface area (Å²) in [5, 5.41) is 16.9. The second-order valence-corrected chi connectivity index (χ2v) is 8.59. The van der Waals surface area contributed by atoms with Crippen LogP contribution >= 0.6 is 0 Å². The molecular formula is C25H30N4O2. The molecule has 1 aliphatic heterocycles. The van der Waals surface area contributed by atoms with E-state index in [0.29, 0.717) is 12.2 Å². The number of hydrogen-bond acceptors (Lipinski definition) is 5. The summed E-state index contributed by atoms with van der Waals surface area (Å²) < 4.78 is 0. The molecular weight excluding hydrogens is 388 g/mol. The molecule has 0 unspecified atom stereocenters. The first-order chi connectivity index (χ1) is 15.0. The zero-order valence-corrected chi connectivity index (χ0v) is 18.2. The molecule has 1 amide bonds. The summed E-state index contributed by atoms with van der Waals surface area (Å²) in [4.78, 5) is 15.0. The lowest BCUT2D eigenvalue weighted by Crippen LogP contribution is -2.45. The van der Waals surface area contributed by atoms with Gasteiger partial charge in [0.05, 0.1) is 12.1 Å². The van der Waals surface area contributed by atoms with Crippen molar-refractivity contribution in [3.05, 3.63) is 76.0 Å². The van der Waals surface area contributed by atoms with E-state index in [2.05, 4.69) is 23.4 Å². The van der Waals surface area contributed by atoms with Crippen LogP contribution in [-0.2, 0) is 13.0 Å². The Morgan fingerprint density at radius 2 is 2.00 bits per heavy atom. The topological polar surface area (TPSA) is 88.8 Å². The zero-order valence-electron chi connectivity index (χ0n) is 18.2. The van der Waals surface area contributed by atoms with E-state index in [-0.39, 0.29) is 11.9 Å². The minimum Gasteiger partial charge on any atom is -0.392 e. The fourth-order valence-corrected chi connectivity index (χ4v) is 4.80. The van der Waals surface area contributed by atoms with E-state index >= 15 is 0 Å². The van der Waals surface area contributed by atoms with E-state index in [1.165, 1.54) is 5.56 Å². The molecule has 0 bridgehead atoms. The van der Waals surface area contributed by atoms with Crippen LogP contribution in [0.4, 0.5) is 0 Å². The number of amides is 1. The van der Waals surface area contributed by atoms with Crippen LogP contribution in [-0.4, -0.2) is 35.1 Å². The molecule has 162 valence electrons. The van der Waals surface area contributed by atoms with Gasteiger partial charge in [-0.15, -0.1) is 0 Å². The van der Waals surface area contributed by atoms with Crippen molar-refractivity contribution in [2.45, 2.75) is 57.7 Å². The molecule has 3 N–H and O–H groups in total. The van der Waals surface area contributed by atoms with Crippen LogP contribution < -0.4 is 5.32 Å². The zero-order chi connectivity index (χ0) is 22.0. The van der Waals surface area contributed by atoms with Gasteiger partial charge in [-0.25, -0.2) is 5.53 Å². The number of carbonyl (C=O) groups is 1. The summed E-state index contributed by atoms with van der Waals surface area (Å²) in [6, 6.07) is 12.1. The number of aliphatic hydroxyl groups is 1. The smallest absolute Gasteiger partial charge is 0.254 e. The number of benzene rings is 2. The van der Waals surface area contributed by atoms with E-state index in [1.54, 1.807) is 13.2 Å². The Bertz CT molecular complexity index is 1010. The second kappa shape index (κ2) is 9.02. The van der Waals surface area contributed by atoms with E-state index < -0.39 is 6.10 Å². The fourth-order valence-electron chi connectivity index (χ4n) is 4.80. The summed E-state index contributed by atoms with van der Waals surface area (Å²) in [6.45, 7) is 2.70. The molecule has 0 radical (unpaired) electrons. The third-order valence-corrected chi connectivity index (χ3v) is 6.53. The molecule has 0 saturated heterocycles. The Morgan fingerprint density at radius 1 is 1.26 bits per heavy atom. The Morgan fingerprint density at radius 3 is 2.68 bits per heavy atom. The van der Waals surface area contributed by atoms with Crippen molar-refractivity contribution in [2.75, 3.05) is 7.05 Å². The maximum absolute atomic E-state index is 13.1. The predicted octanol–water partition coefficient (Wildman–Crippen LogP) is 4.39. The number of nitrogens with one attached hydrogen (secondary N) is 2. The van der Waals surface area contributed by atoms with Crippen molar-refractivity contribution in [2.24, 2.45) is 5.11 Å². The Labute approximate surface area is 183 Å². The molecule has 6 nitrogen and oxygen atoms in total. The first-order valence-corrected chi connectivity index (χ1v) is 11.0. The normalized spacial score (nSPS) is 21.2. The Hall–Kier alpha value is -2.99. The molecule has 0 aromatic heterocycles. The Balaban J connectivity index is 1.54. The number of carbonyl (C=O) groups excluding carboxylic acids is 1. The third-order valence-electron chi connectivity index (χ3n) is 6.53. The van der Waals surface area contributed by atoms with E-state index in [9.17, 15) is 9.90 Å². The van der Waals surface area contributed by atoms with Crippen molar-refractivity contribution in [1.29, 1.82) is 5.53 Å². The maximum Gasteiger partial charge on any atom is 0.254 e. The number of aryl methyl sites for hydroxylation is 1. The highest BCUT2D eigenvalue weighted by Crippen LogP contribution is 2.33. The van der Waals surface area contributed by atoms with Crippen LogP contribution in [0.15, 0.2) is 47.7 Å². The molecule has 2 aliphatic rings. The highest BCUT2D eigenvalue weighted by Gasteiger charge is 2.37. The maximum atomic E-state index is 13.1. The van der Waals surface area contributed by atoms with Crippen molar-refractivity contribution < 1.29 is 9.90 Å². The standard InChI is InChI=1S/C25H30N4O2/c1-16-11-20-15-29(23-5-3-4-6-24(23)30)25(31)21(20)13-19(16)12-17-7-9-18(10-8-17)22(28-26)14-27-2/h7-11,13-14,23-24,26-27,30H,3-6,12,15H2,1-2H3/b22-14-,28-26?/t23-,24-/m0/s1. The lowest BCUT2D eigenvalue weighted by molar-refractivity contribution is 0.0191. The molecule has 1 heterocycles. The van der Waals surface area contributed by atoms with Crippen LogP contribution in [0, 0.1) is 12.5 Å². The first-order valence-electron chi connectivity index (χ1n) is 11.0. The van der Waals surface area contributed by atoms with Crippen molar-refractivity contribution in [1.82, 2.24) is 10.2 Å². The van der Waals surface area contributed by atoms with Gasteiger partial charge in [0, 0.05) is 30.9 Å². The number of aliphatic hydroxyl groups excluding tert-OH is 1. The van der Waals surface area contributed by atoms with Crippen LogP contribution in [0.25, 0.3) is 5.70 Å². The average Bonchev–Trinajstić information content (AvgIpc) is 3.08. The highest BCUT2D eigenvalue weighted by atomic mass is 16.3. The largest absolute Gasteiger partial charge is 0.392 e. The van der Waals surface area contributed by atoms with Crippen molar-refractivity contribution in [3.63, 3.8) is 0 Å². The molecule has 1 aliphatic carbocycles. The summed E-state index contributed by atoms with van der Waals surface area (Å²) in [6.07, 6.45) is 5.80. The minimum absolute atomic E-state index is 0.0523. The SMILES string of the molecule is CN/C=C(\N=N)c1ccc(Cc2cc3c(cc2C)CN([C@H]2CCCC[C@@H]2O)C3=O)cc1. The van der Waals surface area contributed by atoms with Gasteiger partial charge >= 0.3 is 0 Å². The van der Waals surface area contributed by atoms with Gasteiger partial charge in [0.1, 0.15) is 5.70 Å². The molecule has 1 fully saturated rings. The third kappa shape index (κ3) is 4.26. The molecule has 2 aromatic carbocycles. The predicted molar refractivity (Wildman–Crippen MR) is 121 cm³/mol. The van der Waals surface area contributed by atoms with Crippen LogP contribution in [0.3, 0.4) is 0 Å². The monoisotopic (exact) mass is 418 g/mol. The molecule has 1 saturated carbocycles. The summed E-state index contributed by atoms with van der Waals surface area (Å²) >= 11 is 0. The summed E-state index contributed by atoms with van der Waals surface area (Å²) in [5.41, 5.74) is 14.1. The summed E-state index contributed by atoms with van der Waals surface area (Å²) in [5.74, 6) is 0.0523. The van der Waals surface area contributed by atoms with Gasteiger partial charge in [-0.3, -0.25) is 4.79 Å². The van der Waals surface area contributed by atoms with Crippen molar-refractivity contribution in [3.8, 4) is 0 Å². The fraction of sp³-hybridized carbons (Fsp3) is 0.400.